The van der Waals surface area contributed by atoms with E-state index in [4.69, 9.17) is 9.72 Å². The Morgan fingerprint density at radius 3 is 2.80 bits per heavy atom. The molecule has 0 bridgehead atoms. The highest BCUT2D eigenvalue weighted by atomic mass is 16.5. The van der Waals surface area contributed by atoms with Gasteiger partial charge in [0.2, 0.25) is 5.95 Å². The van der Waals surface area contributed by atoms with Crippen molar-refractivity contribution in [1.29, 1.82) is 0 Å². The van der Waals surface area contributed by atoms with Crippen LogP contribution in [0.1, 0.15) is 18.2 Å². The van der Waals surface area contributed by atoms with Gasteiger partial charge < -0.3 is 25.2 Å². The highest BCUT2D eigenvalue weighted by Crippen LogP contribution is 2.35. The summed E-state index contributed by atoms with van der Waals surface area (Å²) >= 11 is 0. The molecule has 3 heterocycles. The van der Waals surface area contributed by atoms with Gasteiger partial charge in [-0.05, 0) is 5.56 Å². The van der Waals surface area contributed by atoms with Crippen LogP contribution in [0.5, 0.6) is 0 Å². The molecule has 0 spiro atoms. The highest BCUT2D eigenvalue weighted by molar-refractivity contribution is 5.85. The molecule has 30 heavy (non-hydrogen) atoms. The fraction of sp³-hybridized carbons (Fsp3) is 0.400. The summed E-state index contributed by atoms with van der Waals surface area (Å²) in [6, 6.07) is 9.95. The third kappa shape index (κ3) is 4.11. The predicted molar refractivity (Wildman–Crippen MR) is 113 cm³/mol. The van der Waals surface area contributed by atoms with E-state index in [1.165, 1.54) is 6.33 Å². The van der Waals surface area contributed by atoms with Gasteiger partial charge in [-0.15, -0.1) is 0 Å². The Balaban J connectivity index is 1.74. The second kappa shape index (κ2) is 8.74. The van der Waals surface area contributed by atoms with Crippen LogP contribution in [0.4, 0.5) is 11.8 Å². The second-order valence-electron chi connectivity index (χ2n) is 7.34. The molecule has 1 saturated heterocycles. The van der Waals surface area contributed by atoms with Crippen molar-refractivity contribution >= 4 is 29.3 Å². The van der Waals surface area contributed by atoms with Gasteiger partial charge in [-0.2, -0.15) is 0 Å². The molecule has 0 aliphatic carbocycles. The van der Waals surface area contributed by atoms with Gasteiger partial charge in [0.05, 0.1) is 19.0 Å². The van der Waals surface area contributed by atoms with Gasteiger partial charge in [0.25, 0.3) is 0 Å². The van der Waals surface area contributed by atoms with Crippen LogP contribution in [0.15, 0.2) is 41.7 Å². The molecular weight excluding hydrogens is 386 g/mol. The van der Waals surface area contributed by atoms with E-state index in [0.29, 0.717) is 35.9 Å². The van der Waals surface area contributed by atoms with Crippen molar-refractivity contribution in [2.45, 2.75) is 31.4 Å². The number of benzene rings is 1. The van der Waals surface area contributed by atoms with Crippen LogP contribution >= 0.6 is 0 Å². The number of nitrogens with one attached hydrogen (secondary N) is 1. The van der Waals surface area contributed by atoms with Crippen molar-refractivity contribution in [2.24, 2.45) is 4.99 Å². The zero-order valence-electron chi connectivity index (χ0n) is 16.9. The number of rotatable bonds is 7. The van der Waals surface area contributed by atoms with Gasteiger partial charge in [0.15, 0.2) is 17.0 Å². The van der Waals surface area contributed by atoms with Gasteiger partial charge >= 0.3 is 0 Å². The first-order chi connectivity index (χ1) is 14.6. The van der Waals surface area contributed by atoms with E-state index < -0.39 is 18.4 Å². The summed E-state index contributed by atoms with van der Waals surface area (Å²) in [5, 5.41) is 23.0. The molecule has 3 N–H and O–H groups in total. The Morgan fingerprint density at radius 2 is 2.10 bits per heavy atom. The molecule has 1 fully saturated rings. The molecule has 0 amide bonds. The van der Waals surface area contributed by atoms with E-state index in [9.17, 15) is 10.2 Å². The Labute approximate surface area is 173 Å². The minimum absolute atomic E-state index is 0.259. The number of hydrogen-bond donors (Lipinski definition) is 3. The lowest BCUT2D eigenvalue weighted by Gasteiger charge is -2.17. The number of anilines is 1. The molecular formula is C20H25N7O3. The number of aliphatic hydroxyl groups is 2. The Kier molecular flexibility index (Phi) is 5.88. The van der Waals surface area contributed by atoms with Gasteiger partial charge in [0.1, 0.15) is 18.7 Å². The Hall–Kier alpha value is -3.08. The van der Waals surface area contributed by atoms with Crippen molar-refractivity contribution in [3.05, 3.63) is 42.2 Å². The number of aliphatic hydroxyl groups excluding tert-OH is 2. The van der Waals surface area contributed by atoms with Gasteiger partial charge in [-0.1, -0.05) is 30.3 Å². The zero-order chi connectivity index (χ0) is 21.1. The van der Waals surface area contributed by atoms with Crippen LogP contribution < -0.4 is 5.32 Å². The monoisotopic (exact) mass is 411 g/mol. The van der Waals surface area contributed by atoms with Crippen LogP contribution in [0.25, 0.3) is 11.2 Å². The molecule has 1 aromatic carbocycles. The maximum atomic E-state index is 10.2. The van der Waals surface area contributed by atoms with E-state index >= 15 is 0 Å². The molecule has 3 atom stereocenters. The van der Waals surface area contributed by atoms with Crippen molar-refractivity contribution in [1.82, 2.24) is 24.4 Å². The molecule has 1 aliphatic heterocycles. The van der Waals surface area contributed by atoms with Crippen LogP contribution in [0, 0.1) is 0 Å². The van der Waals surface area contributed by atoms with Gasteiger partial charge in [0, 0.05) is 27.1 Å². The number of fused-ring (bicyclic) bond motifs is 1. The molecule has 0 radical (unpaired) electrons. The van der Waals surface area contributed by atoms with E-state index in [2.05, 4.69) is 20.3 Å². The second-order valence-corrected chi connectivity index (χ2v) is 7.34. The summed E-state index contributed by atoms with van der Waals surface area (Å²) in [5.41, 5.74) is 2.16. The normalized spacial score (nSPS) is 21.5. The molecule has 10 nitrogen and oxygen atoms in total. The maximum absolute atomic E-state index is 10.2. The smallest absolute Gasteiger partial charge is 0.207 e. The summed E-state index contributed by atoms with van der Waals surface area (Å²) in [5.74, 6) is 0.971. The van der Waals surface area contributed by atoms with E-state index in [-0.39, 0.29) is 6.61 Å². The predicted octanol–water partition coefficient (Wildman–Crippen LogP) is 1.30. The topological polar surface area (TPSA) is 121 Å². The first-order valence-corrected chi connectivity index (χ1v) is 9.72. The first kappa shape index (κ1) is 20.2. The molecule has 4 rings (SSSR count). The average molecular weight is 411 g/mol. The van der Waals surface area contributed by atoms with Crippen molar-refractivity contribution in [2.75, 3.05) is 26.0 Å². The highest BCUT2D eigenvalue weighted by Gasteiger charge is 2.37. The molecule has 10 heteroatoms. The molecule has 158 valence electrons. The minimum atomic E-state index is -0.771. The zero-order valence-corrected chi connectivity index (χ0v) is 16.9. The van der Waals surface area contributed by atoms with Crippen LogP contribution in [-0.4, -0.2) is 73.9 Å². The van der Waals surface area contributed by atoms with Gasteiger partial charge in [-0.3, -0.25) is 4.57 Å². The Morgan fingerprint density at radius 1 is 1.30 bits per heavy atom. The number of nitrogens with zero attached hydrogens (tertiary/aromatic N) is 6. The summed E-state index contributed by atoms with van der Waals surface area (Å²) in [6.07, 6.45) is 1.45. The number of imidazole rings is 1. The molecule has 3 aromatic rings. The molecule has 1 aliphatic rings. The first-order valence-electron chi connectivity index (χ1n) is 9.72. The quantitative estimate of drug-likeness (QED) is 0.393. The van der Waals surface area contributed by atoms with Crippen LogP contribution in [0.3, 0.4) is 0 Å². The third-order valence-electron chi connectivity index (χ3n) is 4.83. The summed E-state index contributed by atoms with van der Waals surface area (Å²) in [4.78, 5) is 19.6. The number of aliphatic imine (C=N–C) groups is 1. The number of aromatic nitrogens is 4. The lowest BCUT2D eigenvalue weighted by molar-refractivity contribution is -0.0425. The lowest BCUT2D eigenvalue weighted by Crippen LogP contribution is -2.24. The minimum Gasteiger partial charge on any atom is -0.394 e. The van der Waals surface area contributed by atoms with Crippen molar-refractivity contribution in [3.8, 4) is 0 Å². The Bertz CT molecular complexity index is 1020. The van der Waals surface area contributed by atoms with Crippen LogP contribution in [-0.2, 0) is 11.3 Å². The number of ether oxygens (including phenoxy) is 1. The van der Waals surface area contributed by atoms with E-state index in [1.54, 1.807) is 10.9 Å². The average Bonchev–Trinajstić information content (AvgIpc) is 3.31. The molecule has 0 saturated carbocycles. The summed E-state index contributed by atoms with van der Waals surface area (Å²) < 4.78 is 7.68. The SMILES string of the molecule is CN(C)C=Nc1ncnc2c1nc(NCc1ccccc1)n2[C@H]1C[C@H](O)[C@@H](CO)O1. The van der Waals surface area contributed by atoms with Crippen molar-refractivity contribution in [3.63, 3.8) is 0 Å². The van der Waals surface area contributed by atoms with Crippen LogP contribution in [0.2, 0.25) is 0 Å². The number of hydrogen-bond acceptors (Lipinski definition) is 8. The summed E-state index contributed by atoms with van der Waals surface area (Å²) in [7, 11) is 3.74. The lowest BCUT2D eigenvalue weighted by atomic mass is 10.2. The fourth-order valence-electron chi connectivity index (χ4n) is 3.37. The van der Waals surface area contributed by atoms with E-state index in [1.807, 2.05) is 49.3 Å². The van der Waals surface area contributed by atoms with E-state index in [0.717, 1.165) is 5.56 Å². The third-order valence-corrected chi connectivity index (χ3v) is 4.83. The maximum Gasteiger partial charge on any atom is 0.207 e. The summed E-state index contributed by atoms with van der Waals surface area (Å²) in [6.45, 7) is 0.289. The van der Waals surface area contributed by atoms with Gasteiger partial charge in [-0.25, -0.2) is 19.9 Å². The molecule has 0 unspecified atom stereocenters. The fourth-order valence-corrected chi connectivity index (χ4v) is 3.37. The largest absolute Gasteiger partial charge is 0.394 e. The molecule has 2 aromatic heterocycles. The van der Waals surface area contributed by atoms with Crippen molar-refractivity contribution < 1.29 is 14.9 Å². The standard InChI is InChI=1S/C20H25N7O3/c1-26(2)12-24-18-17-19(23-11-22-18)27(16-8-14(29)15(10-28)30-16)20(25-17)21-9-13-6-4-3-5-7-13/h3-7,11-12,14-16,28-29H,8-10H2,1-2H3,(H,21,25)/t14-,15+,16+/m0/s1.